The molecule has 14 heavy (non-hydrogen) atoms. The van der Waals surface area contributed by atoms with Crippen molar-refractivity contribution in [1.82, 2.24) is 4.90 Å². The number of likely N-dealkylation sites (N-methyl/N-ethyl adjacent to an activating group) is 1. The van der Waals surface area contributed by atoms with E-state index in [1.54, 1.807) is 0 Å². The van der Waals surface area contributed by atoms with Gasteiger partial charge >= 0.3 is 0 Å². The maximum absolute atomic E-state index is 5.74. The zero-order valence-electron chi connectivity index (χ0n) is 8.83. The molecule has 1 atom stereocenters. The molecule has 4 heteroatoms. The van der Waals surface area contributed by atoms with Gasteiger partial charge in [0.2, 0.25) is 0 Å². The van der Waals surface area contributed by atoms with Crippen molar-refractivity contribution in [2.75, 3.05) is 13.6 Å². The summed E-state index contributed by atoms with van der Waals surface area (Å²) in [7, 11) is 2.05. The minimum atomic E-state index is 0.154. The number of furan rings is 1. The van der Waals surface area contributed by atoms with Crippen LogP contribution in [0.4, 0.5) is 0 Å². The normalized spacial score (nSPS) is 13.9. The van der Waals surface area contributed by atoms with Gasteiger partial charge in [0.25, 0.3) is 0 Å². The van der Waals surface area contributed by atoms with Crippen molar-refractivity contribution in [3.8, 4) is 0 Å². The molecule has 0 fully saturated rings. The van der Waals surface area contributed by atoms with Gasteiger partial charge in [0.05, 0.1) is 6.04 Å². The first kappa shape index (κ1) is 11.8. The fourth-order valence-electron chi connectivity index (χ4n) is 1.35. The highest BCUT2D eigenvalue weighted by Gasteiger charge is 2.20. The SMILES string of the molecule is CC(C)N(C)C(CN)c1ccc(Br)o1. The van der Waals surface area contributed by atoms with E-state index in [1.807, 2.05) is 12.1 Å². The molecule has 0 bridgehead atoms. The molecule has 0 aliphatic heterocycles. The third-order valence-electron chi connectivity index (χ3n) is 2.45. The number of hydrogen-bond acceptors (Lipinski definition) is 3. The van der Waals surface area contributed by atoms with Crippen molar-refractivity contribution in [2.24, 2.45) is 5.73 Å². The number of nitrogens with zero attached hydrogens (tertiary/aromatic N) is 1. The number of halogens is 1. The molecule has 2 N–H and O–H groups in total. The Labute approximate surface area is 93.4 Å². The topological polar surface area (TPSA) is 42.4 Å². The Balaban J connectivity index is 2.81. The smallest absolute Gasteiger partial charge is 0.169 e. The molecule has 0 aliphatic carbocycles. The first-order valence-corrected chi connectivity index (χ1v) is 5.52. The van der Waals surface area contributed by atoms with Crippen molar-refractivity contribution in [1.29, 1.82) is 0 Å². The molecule has 1 heterocycles. The zero-order valence-corrected chi connectivity index (χ0v) is 10.4. The summed E-state index contributed by atoms with van der Waals surface area (Å²) < 4.78 is 6.26. The molecular formula is C10H17BrN2O. The molecule has 80 valence electrons. The summed E-state index contributed by atoms with van der Waals surface area (Å²) in [6.07, 6.45) is 0. The van der Waals surface area contributed by atoms with E-state index in [2.05, 4.69) is 41.7 Å². The average molecular weight is 261 g/mol. The minimum absolute atomic E-state index is 0.154. The van der Waals surface area contributed by atoms with Crippen LogP contribution in [0.15, 0.2) is 21.2 Å². The van der Waals surface area contributed by atoms with E-state index in [1.165, 1.54) is 0 Å². The van der Waals surface area contributed by atoms with Gasteiger partial charge in [0.1, 0.15) is 5.76 Å². The molecule has 0 amide bonds. The van der Waals surface area contributed by atoms with Gasteiger partial charge < -0.3 is 10.2 Å². The Hall–Kier alpha value is -0.320. The van der Waals surface area contributed by atoms with E-state index in [9.17, 15) is 0 Å². The van der Waals surface area contributed by atoms with Gasteiger partial charge in [0, 0.05) is 12.6 Å². The molecule has 0 aliphatic rings. The highest BCUT2D eigenvalue weighted by molar-refractivity contribution is 9.10. The van der Waals surface area contributed by atoms with Gasteiger partial charge in [-0.05, 0) is 49.0 Å². The van der Waals surface area contributed by atoms with Gasteiger partial charge in [-0.2, -0.15) is 0 Å². The average Bonchev–Trinajstić information content (AvgIpc) is 2.53. The molecule has 0 saturated carbocycles. The summed E-state index contributed by atoms with van der Waals surface area (Å²) in [6, 6.07) is 4.46. The van der Waals surface area contributed by atoms with Crippen LogP contribution in [0.2, 0.25) is 0 Å². The van der Waals surface area contributed by atoms with Crippen LogP contribution in [0.25, 0.3) is 0 Å². The summed E-state index contributed by atoms with van der Waals surface area (Å²) in [4.78, 5) is 2.20. The second-order valence-electron chi connectivity index (χ2n) is 3.65. The predicted octanol–water partition coefficient (Wildman–Crippen LogP) is 2.38. The third kappa shape index (κ3) is 2.59. The highest BCUT2D eigenvalue weighted by Crippen LogP contribution is 2.24. The minimum Gasteiger partial charge on any atom is -0.453 e. The lowest BCUT2D eigenvalue weighted by Gasteiger charge is -2.28. The third-order valence-corrected chi connectivity index (χ3v) is 2.88. The molecule has 0 saturated heterocycles. The first-order chi connectivity index (χ1) is 6.56. The highest BCUT2D eigenvalue weighted by atomic mass is 79.9. The summed E-state index contributed by atoms with van der Waals surface area (Å²) in [6.45, 7) is 4.84. The van der Waals surface area contributed by atoms with Crippen molar-refractivity contribution in [3.05, 3.63) is 22.6 Å². The Morgan fingerprint density at radius 3 is 2.50 bits per heavy atom. The lowest BCUT2D eigenvalue weighted by Crippen LogP contribution is -2.35. The Morgan fingerprint density at radius 2 is 2.14 bits per heavy atom. The van der Waals surface area contributed by atoms with E-state index in [4.69, 9.17) is 10.2 Å². The molecule has 1 rings (SSSR count). The maximum Gasteiger partial charge on any atom is 0.169 e. The van der Waals surface area contributed by atoms with E-state index in [0.29, 0.717) is 12.6 Å². The van der Waals surface area contributed by atoms with Crippen LogP contribution in [-0.4, -0.2) is 24.5 Å². The fraction of sp³-hybridized carbons (Fsp3) is 0.600. The van der Waals surface area contributed by atoms with Crippen molar-refractivity contribution < 1.29 is 4.42 Å². The van der Waals surface area contributed by atoms with Gasteiger partial charge in [-0.15, -0.1) is 0 Å². The van der Waals surface area contributed by atoms with Crippen LogP contribution in [0, 0.1) is 0 Å². The quantitative estimate of drug-likeness (QED) is 0.904. The van der Waals surface area contributed by atoms with E-state index >= 15 is 0 Å². The summed E-state index contributed by atoms with van der Waals surface area (Å²) in [5, 5.41) is 0. The fourth-order valence-corrected chi connectivity index (χ4v) is 1.67. The van der Waals surface area contributed by atoms with Crippen LogP contribution >= 0.6 is 15.9 Å². The Morgan fingerprint density at radius 1 is 1.50 bits per heavy atom. The molecule has 1 unspecified atom stereocenters. The largest absolute Gasteiger partial charge is 0.453 e. The molecule has 3 nitrogen and oxygen atoms in total. The summed E-state index contributed by atoms with van der Waals surface area (Å²) in [5.74, 6) is 0.913. The maximum atomic E-state index is 5.74. The van der Waals surface area contributed by atoms with Crippen molar-refractivity contribution >= 4 is 15.9 Å². The molecule has 0 radical (unpaired) electrons. The van der Waals surface area contributed by atoms with Crippen molar-refractivity contribution in [2.45, 2.75) is 25.9 Å². The van der Waals surface area contributed by atoms with Crippen molar-refractivity contribution in [3.63, 3.8) is 0 Å². The molecule has 0 aromatic carbocycles. The van der Waals surface area contributed by atoms with Crippen LogP contribution < -0.4 is 5.73 Å². The number of hydrogen-bond donors (Lipinski definition) is 1. The predicted molar refractivity (Wildman–Crippen MR) is 61.1 cm³/mol. The van der Waals surface area contributed by atoms with Gasteiger partial charge in [-0.1, -0.05) is 0 Å². The van der Waals surface area contributed by atoms with Gasteiger partial charge in [0.15, 0.2) is 4.67 Å². The molecule has 1 aromatic heterocycles. The van der Waals surface area contributed by atoms with Crippen LogP contribution in [0.3, 0.4) is 0 Å². The van der Waals surface area contributed by atoms with E-state index in [0.717, 1.165) is 10.4 Å². The molecule has 1 aromatic rings. The van der Waals surface area contributed by atoms with E-state index < -0.39 is 0 Å². The number of nitrogens with two attached hydrogens (primary N) is 1. The second-order valence-corrected chi connectivity index (χ2v) is 4.43. The Bertz CT molecular complexity index is 285. The number of rotatable bonds is 4. The Kier molecular flexibility index (Phi) is 4.16. The summed E-state index contributed by atoms with van der Waals surface area (Å²) in [5.41, 5.74) is 5.74. The van der Waals surface area contributed by atoms with Gasteiger partial charge in [-0.3, -0.25) is 4.90 Å². The first-order valence-electron chi connectivity index (χ1n) is 4.73. The molecular weight excluding hydrogens is 244 g/mol. The standard InChI is InChI=1S/C10H17BrN2O/c1-7(2)13(3)8(6-12)9-4-5-10(11)14-9/h4-5,7-8H,6,12H2,1-3H3. The van der Waals surface area contributed by atoms with E-state index in [-0.39, 0.29) is 6.04 Å². The molecule has 0 spiro atoms. The van der Waals surface area contributed by atoms with Gasteiger partial charge in [-0.25, -0.2) is 0 Å². The lowest BCUT2D eigenvalue weighted by molar-refractivity contribution is 0.177. The monoisotopic (exact) mass is 260 g/mol. The zero-order chi connectivity index (χ0) is 10.7. The summed E-state index contributed by atoms with van der Waals surface area (Å²) >= 11 is 3.29. The second kappa shape index (κ2) is 4.96. The van der Waals surface area contributed by atoms with Crippen LogP contribution in [-0.2, 0) is 0 Å². The van der Waals surface area contributed by atoms with Crippen LogP contribution in [0.5, 0.6) is 0 Å². The lowest BCUT2D eigenvalue weighted by atomic mass is 10.1. The van der Waals surface area contributed by atoms with Crippen LogP contribution in [0.1, 0.15) is 25.6 Å².